The molecule has 114 valence electrons. The van der Waals surface area contributed by atoms with E-state index in [2.05, 4.69) is 5.32 Å². The van der Waals surface area contributed by atoms with E-state index >= 15 is 0 Å². The molecule has 6 heteroatoms. The number of carboxylic acids is 1. The van der Waals surface area contributed by atoms with E-state index in [1.54, 1.807) is 6.07 Å². The molecule has 1 unspecified atom stereocenters. The number of carbonyl (C=O) groups excluding carboxylic acids is 1. The third-order valence-corrected chi connectivity index (χ3v) is 3.63. The van der Waals surface area contributed by atoms with Gasteiger partial charge in [-0.2, -0.15) is 0 Å². The van der Waals surface area contributed by atoms with Gasteiger partial charge in [-0.3, -0.25) is 4.90 Å². The highest BCUT2D eigenvalue weighted by molar-refractivity contribution is 5.96. The molecule has 2 rings (SSSR count). The van der Waals surface area contributed by atoms with Crippen LogP contribution in [0, 0.1) is 5.82 Å². The number of carboxylic acid groups (broad SMARTS) is 1. The zero-order valence-corrected chi connectivity index (χ0v) is 11.9. The van der Waals surface area contributed by atoms with Gasteiger partial charge in [0.05, 0.1) is 5.69 Å². The molecule has 0 saturated carbocycles. The van der Waals surface area contributed by atoms with E-state index in [-0.39, 0.29) is 0 Å². The van der Waals surface area contributed by atoms with Gasteiger partial charge in [0.1, 0.15) is 11.9 Å². The van der Waals surface area contributed by atoms with Gasteiger partial charge < -0.3 is 10.4 Å². The average Bonchev–Trinajstić information content (AvgIpc) is 2.85. The molecule has 0 fully saturated rings. The minimum absolute atomic E-state index is 0.390. The first-order chi connectivity index (χ1) is 10.0. The fourth-order valence-electron chi connectivity index (χ4n) is 2.46. The number of unbranched alkanes of at least 4 members (excludes halogenated alkanes) is 1. The van der Waals surface area contributed by atoms with Gasteiger partial charge >= 0.3 is 12.0 Å². The Labute approximate surface area is 122 Å². The van der Waals surface area contributed by atoms with Crippen LogP contribution in [-0.4, -0.2) is 29.7 Å². The maximum atomic E-state index is 13.3. The van der Waals surface area contributed by atoms with Crippen molar-refractivity contribution in [1.29, 1.82) is 0 Å². The predicted octanol–water partition coefficient (Wildman–Crippen LogP) is 2.54. The van der Waals surface area contributed by atoms with Gasteiger partial charge in [0.25, 0.3) is 0 Å². The molecule has 0 spiro atoms. The fraction of sp³-hybridized carbons (Fsp3) is 0.467. The Balaban J connectivity index is 2.08. The molecule has 1 aromatic carbocycles. The van der Waals surface area contributed by atoms with Crippen molar-refractivity contribution in [2.75, 3.05) is 11.4 Å². The second-order valence-corrected chi connectivity index (χ2v) is 5.16. The zero-order valence-electron chi connectivity index (χ0n) is 11.9. The standard InChI is InChI=1S/C15H19FN2O3/c1-2-3-4-12(14(19)20)17-15(21)18-8-7-10-5-6-11(16)9-13(10)18/h5-6,9,12H,2-4,7-8H2,1H3,(H,17,21)(H,19,20). The predicted molar refractivity (Wildman–Crippen MR) is 76.9 cm³/mol. The van der Waals surface area contributed by atoms with Crippen LogP contribution in [0.5, 0.6) is 0 Å². The van der Waals surface area contributed by atoms with Crippen molar-refractivity contribution in [1.82, 2.24) is 5.32 Å². The number of carbonyl (C=O) groups is 2. The first-order valence-corrected chi connectivity index (χ1v) is 7.12. The zero-order chi connectivity index (χ0) is 15.4. The summed E-state index contributed by atoms with van der Waals surface area (Å²) in [5.41, 5.74) is 1.42. The molecule has 0 saturated heterocycles. The number of amides is 2. The Morgan fingerprint density at radius 2 is 2.24 bits per heavy atom. The average molecular weight is 294 g/mol. The van der Waals surface area contributed by atoms with Gasteiger partial charge in [0.2, 0.25) is 0 Å². The minimum Gasteiger partial charge on any atom is -0.480 e. The first-order valence-electron chi connectivity index (χ1n) is 7.12. The van der Waals surface area contributed by atoms with Gasteiger partial charge in [-0.25, -0.2) is 14.0 Å². The van der Waals surface area contributed by atoms with Crippen molar-refractivity contribution < 1.29 is 19.1 Å². The van der Waals surface area contributed by atoms with Crippen molar-refractivity contribution >= 4 is 17.7 Å². The monoisotopic (exact) mass is 294 g/mol. The Morgan fingerprint density at radius 3 is 2.90 bits per heavy atom. The number of nitrogens with zero attached hydrogens (tertiary/aromatic N) is 1. The molecule has 0 radical (unpaired) electrons. The molecule has 0 aliphatic carbocycles. The van der Waals surface area contributed by atoms with Crippen LogP contribution in [0.4, 0.5) is 14.9 Å². The highest BCUT2D eigenvalue weighted by Crippen LogP contribution is 2.28. The summed E-state index contributed by atoms with van der Waals surface area (Å²) >= 11 is 0. The smallest absolute Gasteiger partial charge is 0.326 e. The third kappa shape index (κ3) is 3.51. The summed E-state index contributed by atoms with van der Waals surface area (Å²) in [6, 6.07) is 2.94. The van der Waals surface area contributed by atoms with Gasteiger partial charge in [0, 0.05) is 6.54 Å². The van der Waals surface area contributed by atoms with Crippen molar-refractivity contribution in [2.45, 2.75) is 38.6 Å². The van der Waals surface area contributed by atoms with Crippen LogP contribution in [0.25, 0.3) is 0 Å². The van der Waals surface area contributed by atoms with Crippen LogP contribution >= 0.6 is 0 Å². The maximum absolute atomic E-state index is 13.3. The molecule has 2 amide bonds. The molecular weight excluding hydrogens is 275 g/mol. The summed E-state index contributed by atoms with van der Waals surface area (Å²) in [6.07, 6.45) is 2.62. The quantitative estimate of drug-likeness (QED) is 0.876. The van der Waals surface area contributed by atoms with E-state index in [1.807, 2.05) is 6.92 Å². The lowest BCUT2D eigenvalue weighted by Crippen LogP contribution is -2.47. The van der Waals surface area contributed by atoms with Crippen molar-refractivity contribution in [3.05, 3.63) is 29.6 Å². The summed E-state index contributed by atoms with van der Waals surface area (Å²) in [7, 11) is 0. The molecule has 1 aliphatic rings. The first kappa shape index (κ1) is 15.3. The van der Waals surface area contributed by atoms with Crippen LogP contribution in [-0.2, 0) is 11.2 Å². The molecule has 2 N–H and O–H groups in total. The van der Waals surface area contributed by atoms with E-state index in [0.717, 1.165) is 18.4 Å². The highest BCUT2D eigenvalue weighted by atomic mass is 19.1. The van der Waals surface area contributed by atoms with Crippen molar-refractivity contribution in [2.24, 2.45) is 0 Å². The molecular formula is C15H19FN2O3. The summed E-state index contributed by atoms with van der Waals surface area (Å²) in [5, 5.41) is 11.7. The number of aliphatic carboxylic acids is 1. The highest BCUT2D eigenvalue weighted by Gasteiger charge is 2.28. The van der Waals surface area contributed by atoms with Gasteiger partial charge in [-0.1, -0.05) is 25.8 Å². The number of benzene rings is 1. The van der Waals surface area contributed by atoms with Crippen molar-refractivity contribution in [3.63, 3.8) is 0 Å². The molecule has 0 aromatic heterocycles. The molecule has 5 nitrogen and oxygen atoms in total. The Hall–Kier alpha value is -2.11. The Kier molecular flexibility index (Phi) is 4.77. The summed E-state index contributed by atoms with van der Waals surface area (Å²) < 4.78 is 13.3. The lowest BCUT2D eigenvalue weighted by molar-refractivity contribution is -0.139. The number of rotatable bonds is 5. The lowest BCUT2D eigenvalue weighted by atomic mass is 10.1. The minimum atomic E-state index is -1.05. The molecule has 0 bridgehead atoms. The topological polar surface area (TPSA) is 69.6 Å². The number of nitrogens with one attached hydrogen (secondary N) is 1. The second kappa shape index (κ2) is 6.56. The summed E-state index contributed by atoms with van der Waals surface area (Å²) in [5.74, 6) is -1.45. The molecule has 21 heavy (non-hydrogen) atoms. The van der Waals surface area contributed by atoms with E-state index in [0.29, 0.717) is 25.1 Å². The van der Waals surface area contributed by atoms with Crippen LogP contribution in [0.3, 0.4) is 0 Å². The summed E-state index contributed by atoms with van der Waals surface area (Å²) in [4.78, 5) is 24.8. The fourth-order valence-corrected chi connectivity index (χ4v) is 2.46. The SMILES string of the molecule is CCCCC(NC(=O)N1CCc2ccc(F)cc21)C(=O)O. The van der Waals surface area contributed by atoms with E-state index in [4.69, 9.17) is 5.11 Å². The van der Waals surface area contributed by atoms with Gasteiger partial charge in [0.15, 0.2) is 0 Å². The molecule has 1 aromatic rings. The van der Waals surface area contributed by atoms with E-state index < -0.39 is 23.9 Å². The van der Waals surface area contributed by atoms with Gasteiger partial charge in [-0.05, 0) is 30.5 Å². The Morgan fingerprint density at radius 1 is 1.48 bits per heavy atom. The van der Waals surface area contributed by atoms with Crippen LogP contribution in [0.15, 0.2) is 18.2 Å². The number of urea groups is 1. The van der Waals surface area contributed by atoms with E-state index in [9.17, 15) is 14.0 Å². The number of halogens is 1. The number of fused-ring (bicyclic) bond motifs is 1. The van der Waals surface area contributed by atoms with Crippen LogP contribution in [0.1, 0.15) is 31.7 Å². The Bertz CT molecular complexity index is 548. The molecule has 1 heterocycles. The summed E-state index contributed by atoms with van der Waals surface area (Å²) in [6.45, 7) is 2.39. The van der Waals surface area contributed by atoms with E-state index in [1.165, 1.54) is 17.0 Å². The third-order valence-electron chi connectivity index (χ3n) is 3.63. The second-order valence-electron chi connectivity index (χ2n) is 5.16. The van der Waals surface area contributed by atoms with Crippen LogP contribution in [0.2, 0.25) is 0 Å². The number of anilines is 1. The van der Waals surface area contributed by atoms with Crippen LogP contribution < -0.4 is 10.2 Å². The lowest BCUT2D eigenvalue weighted by Gasteiger charge is -2.21. The molecule has 1 atom stereocenters. The normalized spacial score (nSPS) is 14.7. The van der Waals surface area contributed by atoms with Crippen molar-refractivity contribution in [3.8, 4) is 0 Å². The van der Waals surface area contributed by atoms with Gasteiger partial charge in [-0.15, -0.1) is 0 Å². The largest absolute Gasteiger partial charge is 0.480 e. The molecule has 1 aliphatic heterocycles. The number of hydrogen-bond acceptors (Lipinski definition) is 2. The number of hydrogen-bond donors (Lipinski definition) is 2. The maximum Gasteiger partial charge on any atom is 0.326 e.